The van der Waals surface area contributed by atoms with Crippen molar-refractivity contribution in [2.24, 2.45) is 4.99 Å². The van der Waals surface area contributed by atoms with E-state index in [1.54, 1.807) is 7.11 Å². The minimum absolute atomic E-state index is 0. The second-order valence-corrected chi connectivity index (χ2v) is 7.47. The number of aliphatic imine (C=N–C) groups is 1. The number of ether oxygens (including phenoxy) is 2. The molecular weight excluding hydrogens is 505 g/mol. The van der Waals surface area contributed by atoms with Gasteiger partial charge >= 0.3 is 0 Å². The van der Waals surface area contributed by atoms with Gasteiger partial charge in [-0.05, 0) is 50.7 Å². The molecule has 2 rings (SSSR count). The maximum Gasteiger partial charge on any atom is 0.191 e. The second kappa shape index (κ2) is 16.5. The zero-order valence-corrected chi connectivity index (χ0v) is 22.1. The fourth-order valence-corrected chi connectivity index (χ4v) is 3.80. The molecule has 0 amide bonds. The van der Waals surface area contributed by atoms with Gasteiger partial charge in [-0.25, -0.2) is 0 Å². The third kappa shape index (κ3) is 9.93. The first kappa shape index (κ1) is 27.9. The van der Waals surface area contributed by atoms with Gasteiger partial charge in [0.25, 0.3) is 0 Å². The Kier molecular flexibility index (Phi) is 14.9. The molecule has 1 saturated heterocycles. The molecule has 0 radical (unpaired) electrons. The van der Waals surface area contributed by atoms with Crippen LogP contribution in [0.3, 0.4) is 0 Å². The van der Waals surface area contributed by atoms with Crippen LogP contribution >= 0.6 is 24.0 Å². The minimum Gasteiger partial charge on any atom is -0.497 e. The van der Waals surface area contributed by atoms with Crippen LogP contribution in [0.5, 0.6) is 5.75 Å². The van der Waals surface area contributed by atoms with E-state index in [0.717, 1.165) is 77.2 Å². The first-order valence-electron chi connectivity index (χ1n) is 11.4. The number of hydrogen-bond acceptors (Lipinski definition) is 5. The van der Waals surface area contributed by atoms with Crippen molar-refractivity contribution in [3.63, 3.8) is 0 Å². The summed E-state index contributed by atoms with van der Waals surface area (Å²) in [7, 11) is 1.72. The van der Waals surface area contributed by atoms with Crippen molar-refractivity contribution in [3.05, 3.63) is 29.8 Å². The number of morpholine rings is 1. The van der Waals surface area contributed by atoms with Gasteiger partial charge in [0, 0.05) is 26.2 Å². The van der Waals surface area contributed by atoms with Gasteiger partial charge in [-0.15, -0.1) is 24.0 Å². The van der Waals surface area contributed by atoms with Crippen molar-refractivity contribution in [2.75, 3.05) is 72.7 Å². The second-order valence-electron chi connectivity index (χ2n) is 7.47. The molecule has 8 heteroatoms. The van der Waals surface area contributed by atoms with Crippen molar-refractivity contribution in [2.45, 2.75) is 33.2 Å². The van der Waals surface area contributed by atoms with Gasteiger partial charge in [-0.2, -0.15) is 0 Å². The minimum atomic E-state index is 0. The number of rotatable bonds is 12. The quantitative estimate of drug-likeness (QED) is 0.182. The van der Waals surface area contributed by atoms with Gasteiger partial charge in [-0.1, -0.05) is 26.0 Å². The first-order chi connectivity index (χ1) is 14.7. The lowest BCUT2D eigenvalue weighted by Gasteiger charge is -2.29. The maximum atomic E-state index is 5.44. The predicted molar refractivity (Wildman–Crippen MR) is 140 cm³/mol. The van der Waals surface area contributed by atoms with Gasteiger partial charge in [0.15, 0.2) is 5.96 Å². The fourth-order valence-electron chi connectivity index (χ4n) is 3.80. The fraction of sp³-hybridized carbons (Fsp3) is 0.696. The van der Waals surface area contributed by atoms with Crippen LogP contribution in [0.4, 0.5) is 0 Å². The van der Waals surface area contributed by atoms with Crippen LogP contribution in [0.25, 0.3) is 0 Å². The summed E-state index contributed by atoms with van der Waals surface area (Å²) in [6, 6.07) is 8.57. The molecule has 1 aliphatic heterocycles. The van der Waals surface area contributed by atoms with Crippen LogP contribution in [0, 0.1) is 0 Å². The van der Waals surface area contributed by atoms with Gasteiger partial charge in [-0.3, -0.25) is 14.8 Å². The number of nitrogens with one attached hydrogen (secondary N) is 2. The lowest BCUT2D eigenvalue weighted by Crippen LogP contribution is -2.41. The van der Waals surface area contributed by atoms with Crippen LogP contribution < -0.4 is 15.4 Å². The monoisotopic (exact) mass is 547 g/mol. The summed E-state index contributed by atoms with van der Waals surface area (Å²) < 4.78 is 10.9. The summed E-state index contributed by atoms with van der Waals surface area (Å²) in [4.78, 5) is 9.84. The number of nitrogens with zero attached hydrogens (tertiary/aromatic N) is 3. The topological polar surface area (TPSA) is 61.4 Å². The zero-order valence-electron chi connectivity index (χ0n) is 19.7. The van der Waals surface area contributed by atoms with E-state index in [0.29, 0.717) is 6.54 Å². The van der Waals surface area contributed by atoms with E-state index in [-0.39, 0.29) is 30.0 Å². The molecule has 0 aliphatic carbocycles. The van der Waals surface area contributed by atoms with E-state index >= 15 is 0 Å². The Balaban J connectivity index is 0.00000480. The number of benzene rings is 1. The van der Waals surface area contributed by atoms with Crippen molar-refractivity contribution in [1.29, 1.82) is 0 Å². The summed E-state index contributed by atoms with van der Waals surface area (Å²) >= 11 is 0. The predicted octanol–water partition coefficient (Wildman–Crippen LogP) is 2.97. The summed E-state index contributed by atoms with van der Waals surface area (Å²) in [6.45, 7) is 15.8. The van der Waals surface area contributed by atoms with Gasteiger partial charge in [0.2, 0.25) is 0 Å². The zero-order chi connectivity index (χ0) is 21.6. The standard InChI is InChI=1S/C23H41N5O2.HI/c1-5-24-23(25-12-9-13-27-14-16-30-17-15-27)26-19-22(28(6-2)7-3)20-10-8-11-21(18-20)29-4;/h8,10-11,18,22H,5-7,9,12-17,19H2,1-4H3,(H2,24,25,26);1H. The van der Waals surface area contributed by atoms with E-state index in [1.807, 2.05) is 6.07 Å². The maximum absolute atomic E-state index is 5.44. The Bertz CT molecular complexity index is 622. The number of hydrogen-bond donors (Lipinski definition) is 2. The normalized spacial score (nSPS) is 16.0. The molecular formula is C23H42IN5O2. The lowest BCUT2D eigenvalue weighted by atomic mass is 10.0. The van der Waals surface area contributed by atoms with E-state index in [1.165, 1.54) is 5.56 Å². The Morgan fingerprint density at radius 1 is 1.19 bits per heavy atom. The molecule has 1 aromatic rings. The molecule has 178 valence electrons. The first-order valence-corrected chi connectivity index (χ1v) is 11.4. The van der Waals surface area contributed by atoms with E-state index in [4.69, 9.17) is 14.5 Å². The van der Waals surface area contributed by atoms with Crippen molar-refractivity contribution in [3.8, 4) is 5.75 Å². The SMILES string of the molecule is CCNC(=NCC(c1cccc(OC)c1)N(CC)CC)NCCCN1CCOCC1.I. The molecule has 1 heterocycles. The molecule has 0 saturated carbocycles. The molecule has 1 fully saturated rings. The number of methoxy groups -OCH3 is 1. The van der Waals surface area contributed by atoms with Crippen LogP contribution in [-0.2, 0) is 4.74 Å². The Labute approximate surface area is 206 Å². The smallest absolute Gasteiger partial charge is 0.191 e. The van der Waals surface area contributed by atoms with Crippen molar-refractivity contribution < 1.29 is 9.47 Å². The number of halogens is 1. The summed E-state index contributed by atoms with van der Waals surface area (Å²) in [5.41, 5.74) is 1.24. The van der Waals surface area contributed by atoms with E-state index < -0.39 is 0 Å². The largest absolute Gasteiger partial charge is 0.497 e. The Morgan fingerprint density at radius 2 is 1.94 bits per heavy atom. The third-order valence-electron chi connectivity index (χ3n) is 5.55. The number of likely N-dealkylation sites (N-methyl/N-ethyl adjacent to an activating group) is 1. The Morgan fingerprint density at radius 3 is 2.58 bits per heavy atom. The highest BCUT2D eigenvalue weighted by Gasteiger charge is 2.18. The molecule has 0 spiro atoms. The van der Waals surface area contributed by atoms with Crippen molar-refractivity contribution in [1.82, 2.24) is 20.4 Å². The molecule has 2 N–H and O–H groups in total. The third-order valence-corrected chi connectivity index (χ3v) is 5.55. The van der Waals surface area contributed by atoms with E-state index in [2.05, 4.69) is 59.4 Å². The van der Waals surface area contributed by atoms with Gasteiger partial charge in [0.05, 0.1) is 32.9 Å². The molecule has 1 atom stereocenters. The van der Waals surface area contributed by atoms with Crippen LogP contribution in [-0.4, -0.2) is 88.4 Å². The Hall–Kier alpha value is -1.10. The van der Waals surface area contributed by atoms with Gasteiger partial charge in [0.1, 0.15) is 5.75 Å². The van der Waals surface area contributed by atoms with Crippen LogP contribution in [0.15, 0.2) is 29.3 Å². The summed E-state index contributed by atoms with van der Waals surface area (Å²) in [6.07, 6.45) is 1.10. The highest BCUT2D eigenvalue weighted by atomic mass is 127. The van der Waals surface area contributed by atoms with Crippen LogP contribution in [0.1, 0.15) is 38.8 Å². The summed E-state index contributed by atoms with van der Waals surface area (Å²) in [5, 5.41) is 6.89. The molecule has 7 nitrogen and oxygen atoms in total. The molecule has 0 bridgehead atoms. The van der Waals surface area contributed by atoms with Crippen LogP contribution in [0.2, 0.25) is 0 Å². The highest BCUT2D eigenvalue weighted by molar-refractivity contribution is 14.0. The molecule has 31 heavy (non-hydrogen) atoms. The highest BCUT2D eigenvalue weighted by Crippen LogP contribution is 2.24. The average Bonchev–Trinajstić information content (AvgIpc) is 2.80. The van der Waals surface area contributed by atoms with Gasteiger partial charge < -0.3 is 20.1 Å². The average molecular weight is 548 g/mol. The number of guanidine groups is 1. The summed E-state index contributed by atoms with van der Waals surface area (Å²) in [5.74, 6) is 1.78. The molecule has 1 unspecified atom stereocenters. The van der Waals surface area contributed by atoms with Crippen molar-refractivity contribution >= 4 is 29.9 Å². The van der Waals surface area contributed by atoms with E-state index in [9.17, 15) is 0 Å². The molecule has 0 aromatic heterocycles. The lowest BCUT2D eigenvalue weighted by molar-refractivity contribution is 0.0376. The molecule has 1 aliphatic rings. The molecule has 1 aromatic carbocycles.